The SMILES string of the molecule is C[C@@H](O)c1cccc(F)c1Oc1cncc(Br)c1. The first kappa shape index (κ1) is 13.0. The second kappa shape index (κ2) is 5.46. The lowest BCUT2D eigenvalue weighted by molar-refractivity contribution is 0.194. The van der Waals surface area contributed by atoms with E-state index in [2.05, 4.69) is 20.9 Å². The van der Waals surface area contributed by atoms with Gasteiger partial charge < -0.3 is 9.84 Å². The van der Waals surface area contributed by atoms with Gasteiger partial charge in [-0.1, -0.05) is 12.1 Å². The van der Waals surface area contributed by atoms with Crippen molar-refractivity contribution in [3.63, 3.8) is 0 Å². The van der Waals surface area contributed by atoms with Gasteiger partial charge in [0.25, 0.3) is 0 Å². The topological polar surface area (TPSA) is 42.4 Å². The summed E-state index contributed by atoms with van der Waals surface area (Å²) in [4.78, 5) is 3.93. The molecule has 0 amide bonds. The lowest BCUT2D eigenvalue weighted by Gasteiger charge is -2.13. The zero-order chi connectivity index (χ0) is 13.1. The van der Waals surface area contributed by atoms with Crippen LogP contribution in [0.2, 0.25) is 0 Å². The van der Waals surface area contributed by atoms with E-state index in [1.54, 1.807) is 25.3 Å². The Morgan fingerprint density at radius 3 is 2.83 bits per heavy atom. The van der Waals surface area contributed by atoms with Crippen molar-refractivity contribution >= 4 is 15.9 Å². The molecular formula is C13H11BrFNO2. The van der Waals surface area contributed by atoms with E-state index in [9.17, 15) is 9.50 Å². The minimum atomic E-state index is -0.809. The summed E-state index contributed by atoms with van der Waals surface area (Å²) in [7, 11) is 0. The van der Waals surface area contributed by atoms with Gasteiger partial charge >= 0.3 is 0 Å². The summed E-state index contributed by atoms with van der Waals surface area (Å²) in [6, 6.07) is 6.11. The highest BCUT2D eigenvalue weighted by Crippen LogP contribution is 2.32. The third-order valence-corrected chi connectivity index (χ3v) is 2.78. The molecule has 1 aromatic carbocycles. The molecule has 1 atom stereocenters. The van der Waals surface area contributed by atoms with E-state index < -0.39 is 11.9 Å². The molecule has 0 spiro atoms. The minimum Gasteiger partial charge on any atom is -0.452 e. The van der Waals surface area contributed by atoms with Gasteiger partial charge in [0.2, 0.25) is 0 Å². The maximum Gasteiger partial charge on any atom is 0.168 e. The van der Waals surface area contributed by atoms with E-state index in [4.69, 9.17) is 4.74 Å². The Hall–Kier alpha value is -1.46. The average Bonchev–Trinajstić information content (AvgIpc) is 2.31. The van der Waals surface area contributed by atoms with Gasteiger partial charge in [0, 0.05) is 16.2 Å². The molecule has 3 nitrogen and oxygen atoms in total. The van der Waals surface area contributed by atoms with Crippen LogP contribution in [0.5, 0.6) is 11.5 Å². The average molecular weight is 312 g/mol. The Labute approximate surface area is 112 Å². The van der Waals surface area contributed by atoms with Gasteiger partial charge in [-0.15, -0.1) is 0 Å². The van der Waals surface area contributed by atoms with Crippen LogP contribution in [-0.2, 0) is 0 Å². The molecule has 0 aliphatic heterocycles. The van der Waals surface area contributed by atoms with Crippen LogP contribution in [0, 0.1) is 5.82 Å². The summed E-state index contributed by atoms with van der Waals surface area (Å²) < 4.78 is 19.9. The van der Waals surface area contributed by atoms with Crippen molar-refractivity contribution in [3.8, 4) is 11.5 Å². The van der Waals surface area contributed by atoms with Gasteiger partial charge in [-0.2, -0.15) is 0 Å². The smallest absolute Gasteiger partial charge is 0.168 e. The Morgan fingerprint density at radius 1 is 1.39 bits per heavy atom. The first-order chi connectivity index (χ1) is 8.58. The Balaban J connectivity index is 2.39. The van der Waals surface area contributed by atoms with Crippen molar-refractivity contribution in [3.05, 3.63) is 52.5 Å². The normalized spacial score (nSPS) is 12.2. The highest BCUT2D eigenvalue weighted by Gasteiger charge is 2.14. The molecule has 2 aromatic rings. The van der Waals surface area contributed by atoms with Crippen LogP contribution in [0.15, 0.2) is 41.1 Å². The van der Waals surface area contributed by atoms with E-state index in [1.807, 2.05) is 0 Å². The predicted molar refractivity (Wildman–Crippen MR) is 69.0 cm³/mol. The number of rotatable bonds is 3. The number of ether oxygens (including phenoxy) is 1. The maximum atomic E-state index is 13.7. The molecule has 2 rings (SSSR count). The molecule has 0 bridgehead atoms. The van der Waals surface area contributed by atoms with Crippen LogP contribution in [0.1, 0.15) is 18.6 Å². The second-order valence-electron chi connectivity index (χ2n) is 3.78. The molecule has 0 aliphatic rings. The number of pyridine rings is 1. The molecule has 0 radical (unpaired) electrons. The first-order valence-corrected chi connectivity index (χ1v) is 6.12. The van der Waals surface area contributed by atoms with Crippen LogP contribution in [0.3, 0.4) is 0 Å². The monoisotopic (exact) mass is 311 g/mol. The maximum absolute atomic E-state index is 13.7. The van der Waals surface area contributed by atoms with Crippen LogP contribution in [-0.4, -0.2) is 10.1 Å². The summed E-state index contributed by atoms with van der Waals surface area (Å²) >= 11 is 3.26. The molecule has 18 heavy (non-hydrogen) atoms. The van der Waals surface area contributed by atoms with Crippen LogP contribution < -0.4 is 4.74 Å². The van der Waals surface area contributed by atoms with Crippen molar-refractivity contribution in [2.75, 3.05) is 0 Å². The minimum absolute atomic E-state index is 0.0207. The molecule has 0 saturated carbocycles. The van der Waals surface area contributed by atoms with Crippen molar-refractivity contribution < 1.29 is 14.2 Å². The largest absolute Gasteiger partial charge is 0.452 e. The van der Waals surface area contributed by atoms with E-state index in [0.717, 1.165) is 4.47 Å². The van der Waals surface area contributed by atoms with E-state index >= 15 is 0 Å². The number of aliphatic hydroxyl groups excluding tert-OH is 1. The number of para-hydroxylation sites is 1. The van der Waals surface area contributed by atoms with Gasteiger partial charge in [-0.3, -0.25) is 4.98 Å². The number of aromatic nitrogens is 1. The lowest BCUT2D eigenvalue weighted by Crippen LogP contribution is -1.98. The van der Waals surface area contributed by atoms with Gasteiger partial charge in [0.1, 0.15) is 5.75 Å². The van der Waals surface area contributed by atoms with Gasteiger partial charge in [-0.25, -0.2) is 4.39 Å². The summed E-state index contributed by atoms with van der Waals surface area (Å²) in [5, 5.41) is 9.59. The second-order valence-corrected chi connectivity index (χ2v) is 4.69. The first-order valence-electron chi connectivity index (χ1n) is 5.33. The number of hydrogen-bond donors (Lipinski definition) is 1. The van der Waals surface area contributed by atoms with Crippen molar-refractivity contribution in [2.24, 2.45) is 0 Å². The lowest BCUT2D eigenvalue weighted by atomic mass is 10.1. The summed E-state index contributed by atoms with van der Waals surface area (Å²) in [6.45, 7) is 1.56. The molecule has 0 saturated heterocycles. The number of hydrogen-bond acceptors (Lipinski definition) is 3. The van der Waals surface area contributed by atoms with Crippen molar-refractivity contribution in [1.29, 1.82) is 0 Å². The molecule has 1 N–H and O–H groups in total. The molecular weight excluding hydrogens is 301 g/mol. The van der Waals surface area contributed by atoms with E-state index in [1.165, 1.54) is 18.3 Å². The zero-order valence-electron chi connectivity index (χ0n) is 9.60. The number of aliphatic hydroxyl groups is 1. The fraction of sp³-hybridized carbons (Fsp3) is 0.154. The van der Waals surface area contributed by atoms with Crippen molar-refractivity contribution in [2.45, 2.75) is 13.0 Å². The summed E-state index contributed by atoms with van der Waals surface area (Å²) in [5.41, 5.74) is 0.398. The fourth-order valence-corrected chi connectivity index (χ4v) is 1.87. The van der Waals surface area contributed by atoms with Crippen LogP contribution in [0.25, 0.3) is 0 Å². The van der Waals surface area contributed by atoms with Crippen LogP contribution >= 0.6 is 15.9 Å². The molecule has 5 heteroatoms. The third kappa shape index (κ3) is 2.86. The van der Waals surface area contributed by atoms with Gasteiger partial charge in [0.15, 0.2) is 11.6 Å². The highest BCUT2D eigenvalue weighted by molar-refractivity contribution is 9.10. The standard InChI is InChI=1S/C13H11BrFNO2/c1-8(17)11-3-2-4-12(15)13(11)18-10-5-9(14)6-16-7-10/h2-8,17H,1H3/t8-/m1/s1. The number of benzene rings is 1. The summed E-state index contributed by atoms with van der Waals surface area (Å²) in [6.07, 6.45) is 2.27. The van der Waals surface area contributed by atoms with Gasteiger partial charge in [0.05, 0.1) is 12.3 Å². The molecule has 0 aliphatic carbocycles. The molecule has 0 unspecified atom stereocenters. The Morgan fingerprint density at radius 2 is 2.17 bits per heavy atom. The van der Waals surface area contributed by atoms with Crippen molar-refractivity contribution in [1.82, 2.24) is 4.98 Å². The Kier molecular flexibility index (Phi) is 3.93. The highest BCUT2D eigenvalue weighted by atomic mass is 79.9. The molecule has 1 heterocycles. The third-order valence-electron chi connectivity index (χ3n) is 2.35. The van der Waals surface area contributed by atoms with Crippen LogP contribution in [0.4, 0.5) is 4.39 Å². The number of nitrogens with zero attached hydrogens (tertiary/aromatic N) is 1. The van der Waals surface area contributed by atoms with Gasteiger partial charge in [-0.05, 0) is 35.0 Å². The van der Waals surface area contributed by atoms with E-state index in [0.29, 0.717) is 11.3 Å². The fourth-order valence-electron chi connectivity index (χ4n) is 1.53. The van der Waals surface area contributed by atoms with E-state index in [-0.39, 0.29) is 5.75 Å². The Bertz CT molecular complexity index is 560. The zero-order valence-corrected chi connectivity index (χ0v) is 11.2. The molecule has 1 aromatic heterocycles. The molecule has 0 fully saturated rings. The summed E-state index contributed by atoms with van der Waals surface area (Å²) in [5.74, 6) is -0.0999. The predicted octanol–water partition coefficient (Wildman–Crippen LogP) is 3.83. The quantitative estimate of drug-likeness (QED) is 0.936. The number of halogens is 2. The molecule has 94 valence electrons.